The van der Waals surface area contributed by atoms with E-state index in [0.717, 1.165) is 22.5 Å². The molecule has 1 aliphatic rings. The van der Waals surface area contributed by atoms with Crippen LogP contribution in [0.3, 0.4) is 0 Å². The molecule has 2 rings (SSSR count). The van der Waals surface area contributed by atoms with Gasteiger partial charge in [-0.1, -0.05) is 45.4 Å². The van der Waals surface area contributed by atoms with Gasteiger partial charge in [0.05, 0.1) is 20.6 Å². The molecule has 0 saturated heterocycles. The van der Waals surface area contributed by atoms with Crippen LogP contribution in [-0.2, 0) is 6.54 Å². The van der Waals surface area contributed by atoms with Crippen LogP contribution in [0.25, 0.3) is 0 Å². The Morgan fingerprint density at radius 1 is 0.870 bits per heavy atom. The Kier molecular flexibility index (Phi) is 7.22. The van der Waals surface area contributed by atoms with E-state index < -0.39 is 0 Å². The van der Waals surface area contributed by atoms with Crippen molar-refractivity contribution in [3.05, 3.63) is 23.8 Å². The molecule has 0 bridgehead atoms. The topological polar surface area (TPSA) is 18.5 Å². The van der Waals surface area contributed by atoms with Crippen molar-refractivity contribution < 1.29 is 14.0 Å². The first-order chi connectivity index (χ1) is 11.1. The molecule has 0 atom stereocenters. The third kappa shape index (κ3) is 6.42. The number of quaternary nitrogens is 1. The first-order valence-electron chi connectivity index (χ1n) is 9.31. The Hall–Kier alpha value is -1.22. The van der Waals surface area contributed by atoms with Crippen LogP contribution in [-0.4, -0.2) is 31.9 Å². The van der Waals surface area contributed by atoms with Gasteiger partial charge in [0.25, 0.3) is 0 Å². The third-order valence-electron chi connectivity index (χ3n) is 4.66. The van der Waals surface area contributed by atoms with Crippen molar-refractivity contribution in [2.24, 2.45) is 0 Å². The lowest BCUT2D eigenvalue weighted by atomic mass is 10.1. The number of ether oxygens (including phenoxy) is 2. The van der Waals surface area contributed by atoms with Gasteiger partial charge in [-0.25, -0.2) is 0 Å². The van der Waals surface area contributed by atoms with Gasteiger partial charge in [-0.15, -0.1) is 0 Å². The van der Waals surface area contributed by atoms with E-state index in [1.54, 1.807) is 0 Å². The van der Waals surface area contributed by atoms with Gasteiger partial charge in [-0.05, 0) is 31.0 Å². The predicted molar refractivity (Wildman–Crippen MR) is 95.9 cm³/mol. The van der Waals surface area contributed by atoms with Crippen LogP contribution < -0.4 is 9.47 Å². The fourth-order valence-electron chi connectivity index (χ4n) is 3.29. The normalized spacial score (nSPS) is 13.5. The van der Waals surface area contributed by atoms with Crippen molar-refractivity contribution >= 4 is 0 Å². The van der Waals surface area contributed by atoms with Gasteiger partial charge >= 0.3 is 0 Å². The van der Waals surface area contributed by atoms with Crippen molar-refractivity contribution in [1.82, 2.24) is 0 Å². The van der Waals surface area contributed by atoms with E-state index in [-0.39, 0.29) is 0 Å². The van der Waals surface area contributed by atoms with Crippen molar-refractivity contribution in [2.45, 2.75) is 64.8 Å². The Bertz CT molecular complexity index is 471. The molecular weight excluding hydrogens is 286 g/mol. The summed E-state index contributed by atoms with van der Waals surface area (Å²) in [5, 5.41) is 0. The summed E-state index contributed by atoms with van der Waals surface area (Å²) >= 11 is 0. The molecule has 0 aliphatic carbocycles. The molecule has 3 heteroatoms. The minimum absolute atomic E-state index is 0.356. The van der Waals surface area contributed by atoms with Crippen LogP contribution in [0.1, 0.15) is 63.9 Å². The molecule has 0 aromatic heterocycles. The Morgan fingerprint density at radius 3 is 2.26 bits per heavy atom. The van der Waals surface area contributed by atoms with Crippen LogP contribution in [0, 0.1) is 0 Å². The van der Waals surface area contributed by atoms with Crippen LogP contribution in [0.2, 0.25) is 0 Å². The number of hydrogen-bond donors (Lipinski definition) is 0. The van der Waals surface area contributed by atoms with E-state index in [0.29, 0.717) is 6.79 Å². The highest BCUT2D eigenvalue weighted by Crippen LogP contribution is 2.33. The highest BCUT2D eigenvalue weighted by atomic mass is 16.7. The second-order valence-corrected chi connectivity index (χ2v) is 7.48. The summed E-state index contributed by atoms with van der Waals surface area (Å²) in [5.41, 5.74) is 1.33. The first-order valence-corrected chi connectivity index (χ1v) is 9.31. The Morgan fingerprint density at radius 2 is 1.52 bits per heavy atom. The highest BCUT2D eigenvalue weighted by Gasteiger charge is 2.19. The minimum Gasteiger partial charge on any atom is -0.454 e. The first kappa shape index (κ1) is 18.1. The largest absolute Gasteiger partial charge is 0.454 e. The molecule has 1 aromatic rings. The summed E-state index contributed by atoms with van der Waals surface area (Å²) in [5.74, 6) is 1.77. The highest BCUT2D eigenvalue weighted by molar-refractivity contribution is 5.44. The lowest BCUT2D eigenvalue weighted by Gasteiger charge is -2.30. The summed E-state index contributed by atoms with van der Waals surface area (Å²) in [4.78, 5) is 0. The predicted octanol–water partition coefficient (Wildman–Crippen LogP) is 5.13. The molecule has 1 aromatic carbocycles. The summed E-state index contributed by atoms with van der Waals surface area (Å²) < 4.78 is 11.9. The number of unbranched alkanes of at least 4 members (excludes halogenated alkanes) is 7. The number of fused-ring (bicyclic) bond motifs is 1. The van der Waals surface area contributed by atoms with E-state index >= 15 is 0 Å². The molecule has 0 unspecified atom stereocenters. The lowest BCUT2D eigenvalue weighted by Crippen LogP contribution is -2.39. The smallest absolute Gasteiger partial charge is 0.231 e. The summed E-state index contributed by atoms with van der Waals surface area (Å²) in [6, 6.07) is 6.34. The molecule has 1 aliphatic heterocycles. The van der Waals surface area contributed by atoms with Crippen LogP contribution in [0.5, 0.6) is 11.5 Å². The molecule has 3 nitrogen and oxygen atoms in total. The van der Waals surface area contributed by atoms with Crippen LogP contribution in [0.15, 0.2) is 18.2 Å². The molecule has 0 N–H and O–H groups in total. The standard InChI is InChI=1S/C20H34NO2/c1-4-5-6-7-8-9-10-11-14-21(2,3)16-18-12-13-19-20(15-18)23-17-22-19/h12-13,15H,4-11,14,16-17H2,1-3H3/q+1. The molecule has 0 spiro atoms. The minimum atomic E-state index is 0.356. The van der Waals surface area contributed by atoms with Gasteiger partial charge in [0, 0.05) is 5.56 Å². The molecular formula is C20H34NO2+. The fraction of sp³-hybridized carbons (Fsp3) is 0.700. The zero-order valence-electron chi connectivity index (χ0n) is 15.3. The Labute approximate surface area is 142 Å². The number of nitrogens with zero attached hydrogens (tertiary/aromatic N) is 1. The van der Waals surface area contributed by atoms with Gasteiger partial charge in [-0.3, -0.25) is 0 Å². The van der Waals surface area contributed by atoms with Gasteiger partial charge in [-0.2, -0.15) is 0 Å². The van der Waals surface area contributed by atoms with E-state index in [1.807, 2.05) is 6.07 Å². The molecule has 0 fully saturated rings. The summed E-state index contributed by atoms with van der Waals surface area (Å²) in [7, 11) is 4.65. The maximum absolute atomic E-state index is 5.48. The van der Waals surface area contributed by atoms with Crippen molar-refractivity contribution in [3.63, 3.8) is 0 Å². The van der Waals surface area contributed by atoms with Gasteiger partial charge in [0.15, 0.2) is 11.5 Å². The lowest BCUT2D eigenvalue weighted by molar-refractivity contribution is -0.903. The maximum atomic E-state index is 5.48. The van der Waals surface area contributed by atoms with E-state index in [1.165, 1.54) is 63.5 Å². The number of rotatable bonds is 11. The molecule has 0 saturated carbocycles. The maximum Gasteiger partial charge on any atom is 0.231 e. The van der Waals surface area contributed by atoms with Crippen molar-refractivity contribution in [3.8, 4) is 11.5 Å². The summed E-state index contributed by atoms with van der Waals surface area (Å²) in [6.45, 7) is 4.92. The number of benzene rings is 1. The van der Waals surface area contributed by atoms with Gasteiger partial charge < -0.3 is 14.0 Å². The second kappa shape index (κ2) is 9.17. The fourth-order valence-corrected chi connectivity index (χ4v) is 3.29. The zero-order chi connectivity index (χ0) is 16.5. The average Bonchev–Trinajstić information content (AvgIpc) is 2.97. The number of hydrogen-bond acceptors (Lipinski definition) is 2. The molecule has 1 heterocycles. The van der Waals surface area contributed by atoms with Crippen molar-refractivity contribution in [2.75, 3.05) is 27.4 Å². The van der Waals surface area contributed by atoms with E-state index in [2.05, 4.69) is 33.2 Å². The third-order valence-corrected chi connectivity index (χ3v) is 4.66. The van der Waals surface area contributed by atoms with E-state index in [4.69, 9.17) is 9.47 Å². The summed E-state index contributed by atoms with van der Waals surface area (Å²) in [6.07, 6.45) is 11.1. The second-order valence-electron chi connectivity index (χ2n) is 7.48. The zero-order valence-corrected chi connectivity index (χ0v) is 15.3. The molecule has 0 radical (unpaired) electrons. The average molecular weight is 320 g/mol. The molecule has 23 heavy (non-hydrogen) atoms. The Balaban J connectivity index is 1.64. The SMILES string of the molecule is CCCCCCCCCC[N+](C)(C)Cc1ccc2c(c1)OCO2. The van der Waals surface area contributed by atoms with Crippen LogP contribution >= 0.6 is 0 Å². The van der Waals surface area contributed by atoms with Gasteiger partial charge in [0.1, 0.15) is 6.54 Å². The molecule has 130 valence electrons. The van der Waals surface area contributed by atoms with Crippen LogP contribution in [0.4, 0.5) is 0 Å². The quantitative estimate of drug-likeness (QED) is 0.415. The monoisotopic (exact) mass is 320 g/mol. The van der Waals surface area contributed by atoms with Gasteiger partial charge in [0.2, 0.25) is 6.79 Å². The van der Waals surface area contributed by atoms with Crippen molar-refractivity contribution in [1.29, 1.82) is 0 Å². The van der Waals surface area contributed by atoms with E-state index in [9.17, 15) is 0 Å². The molecule has 0 amide bonds.